The summed E-state index contributed by atoms with van der Waals surface area (Å²) in [6, 6.07) is 7.48. The summed E-state index contributed by atoms with van der Waals surface area (Å²) in [5.41, 5.74) is 1.24. The van der Waals surface area contributed by atoms with Crippen LogP contribution in [0.25, 0.3) is 0 Å². The van der Waals surface area contributed by atoms with Gasteiger partial charge in [-0.2, -0.15) is 0 Å². The first-order valence-corrected chi connectivity index (χ1v) is 8.18. The van der Waals surface area contributed by atoms with Gasteiger partial charge in [0.15, 0.2) is 0 Å². The molecule has 0 radical (unpaired) electrons. The fourth-order valence-corrected chi connectivity index (χ4v) is 2.06. The zero-order valence-corrected chi connectivity index (χ0v) is 9.17. The first-order valence-electron chi connectivity index (χ1n) is 4.48. The standard InChI is InChI=1S/C10H17NSi/c1-12(2,3)9-7-10-6-4-5-8-11-10/h4-6,8H,7,9H2,1-3H3. The Morgan fingerprint density at radius 1 is 1.25 bits per heavy atom. The highest BCUT2D eigenvalue weighted by Crippen LogP contribution is 2.11. The van der Waals surface area contributed by atoms with Gasteiger partial charge in [0.2, 0.25) is 0 Å². The minimum atomic E-state index is -0.880. The third-order valence-corrected chi connectivity index (χ3v) is 3.61. The molecule has 0 aliphatic carbocycles. The normalized spacial score (nSPS) is 11.6. The van der Waals surface area contributed by atoms with E-state index in [0.29, 0.717) is 0 Å². The van der Waals surface area contributed by atoms with Crippen LogP contribution in [0.1, 0.15) is 5.69 Å². The van der Waals surface area contributed by atoms with Crippen molar-refractivity contribution in [3.63, 3.8) is 0 Å². The summed E-state index contributed by atoms with van der Waals surface area (Å²) in [6.45, 7) is 7.20. The minimum Gasteiger partial charge on any atom is -0.261 e. The number of pyridine rings is 1. The molecule has 66 valence electrons. The maximum absolute atomic E-state index is 4.30. The predicted molar refractivity (Wildman–Crippen MR) is 56.1 cm³/mol. The van der Waals surface area contributed by atoms with Crippen molar-refractivity contribution in [1.29, 1.82) is 0 Å². The van der Waals surface area contributed by atoms with Crippen LogP contribution >= 0.6 is 0 Å². The van der Waals surface area contributed by atoms with Crippen LogP contribution in [-0.4, -0.2) is 13.1 Å². The van der Waals surface area contributed by atoms with E-state index in [1.165, 1.54) is 11.7 Å². The lowest BCUT2D eigenvalue weighted by Crippen LogP contribution is -2.20. The van der Waals surface area contributed by atoms with Crippen molar-refractivity contribution in [2.24, 2.45) is 0 Å². The van der Waals surface area contributed by atoms with E-state index in [4.69, 9.17) is 0 Å². The summed E-state index contributed by atoms with van der Waals surface area (Å²) in [6.07, 6.45) is 3.02. The van der Waals surface area contributed by atoms with Crippen molar-refractivity contribution in [2.75, 3.05) is 0 Å². The zero-order chi connectivity index (χ0) is 9.03. The van der Waals surface area contributed by atoms with Gasteiger partial charge in [-0.1, -0.05) is 31.8 Å². The van der Waals surface area contributed by atoms with Crippen molar-refractivity contribution in [3.05, 3.63) is 30.1 Å². The van der Waals surface area contributed by atoms with Crippen LogP contribution in [-0.2, 0) is 6.42 Å². The molecule has 2 heteroatoms. The number of hydrogen-bond donors (Lipinski definition) is 0. The molecular formula is C10H17NSi. The molecule has 0 fully saturated rings. The summed E-state index contributed by atoms with van der Waals surface area (Å²) >= 11 is 0. The molecule has 1 nitrogen and oxygen atoms in total. The summed E-state index contributed by atoms with van der Waals surface area (Å²) in [7, 11) is -0.880. The van der Waals surface area contributed by atoms with Crippen molar-refractivity contribution in [3.8, 4) is 0 Å². The lowest BCUT2D eigenvalue weighted by molar-refractivity contribution is 1.01. The molecule has 0 amide bonds. The highest BCUT2D eigenvalue weighted by molar-refractivity contribution is 6.76. The topological polar surface area (TPSA) is 12.9 Å². The Morgan fingerprint density at radius 2 is 2.00 bits per heavy atom. The Morgan fingerprint density at radius 3 is 2.50 bits per heavy atom. The quantitative estimate of drug-likeness (QED) is 0.650. The summed E-state index contributed by atoms with van der Waals surface area (Å²) in [5, 5.41) is 0. The van der Waals surface area contributed by atoms with Gasteiger partial charge in [-0.25, -0.2) is 0 Å². The van der Waals surface area contributed by atoms with Crippen LogP contribution in [0.4, 0.5) is 0 Å². The summed E-state index contributed by atoms with van der Waals surface area (Å²) in [5.74, 6) is 0. The van der Waals surface area contributed by atoms with E-state index < -0.39 is 8.07 Å². The first kappa shape index (κ1) is 9.45. The largest absolute Gasteiger partial charge is 0.261 e. The number of hydrogen-bond acceptors (Lipinski definition) is 1. The van der Waals surface area contributed by atoms with Crippen molar-refractivity contribution in [2.45, 2.75) is 32.1 Å². The van der Waals surface area contributed by atoms with Gasteiger partial charge in [0.1, 0.15) is 0 Å². The maximum atomic E-state index is 4.30. The molecule has 1 heterocycles. The lowest BCUT2D eigenvalue weighted by atomic mass is 10.3. The second kappa shape index (κ2) is 3.85. The highest BCUT2D eigenvalue weighted by atomic mass is 28.3. The van der Waals surface area contributed by atoms with Gasteiger partial charge < -0.3 is 0 Å². The van der Waals surface area contributed by atoms with Crippen LogP contribution in [0.2, 0.25) is 25.7 Å². The van der Waals surface area contributed by atoms with Crippen LogP contribution in [0.5, 0.6) is 0 Å². The van der Waals surface area contributed by atoms with Gasteiger partial charge in [0, 0.05) is 20.0 Å². The highest BCUT2D eigenvalue weighted by Gasteiger charge is 2.12. The molecule has 12 heavy (non-hydrogen) atoms. The van der Waals surface area contributed by atoms with Gasteiger partial charge in [-0.15, -0.1) is 0 Å². The number of aromatic nitrogens is 1. The van der Waals surface area contributed by atoms with E-state index in [9.17, 15) is 0 Å². The van der Waals surface area contributed by atoms with Crippen LogP contribution in [0.15, 0.2) is 24.4 Å². The Hall–Kier alpha value is -0.633. The molecule has 0 bridgehead atoms. The molecule has 1 rings (SSSR count). The molecule has 0 aromatic carbocycles. The van der Waals surface area contributed by atoms with E-state index in [1.54, 1.807) is 0 Å². The van der Waals surface area contributed by atoms with Gasteiger partial charge in [0.25, 0.3) is 0 Å². The molecule has 0 unspecified atom stereocenters. The average Bonchev–Trinajstić information content (AvgIpc) is 2.02. The van der Waals surface area contributed by atoms with Crippen LogP contribution in [0.3, 0.4) is 0 Å². The summed E-state index contributed by atoms with van der Waals surface area (Å²) < 4.78 is 0. The molecule has 0 N–H and O–H groups in total. The Bertz CT molecular complexity index is 225. The third-order valence-electron chi connectivity index (χ3n) is 1.86. The fourth-order valence-electron chi connectivity index (χ4n) is 1.05. The number of aryl methyl sites for hydroxylation is 1. The van der Waals surface area contributed by atoms with Gasteiger partial charge in [-0.3, -0.25) is 4.98 Å². The van der Waals surface area contributed by atoms with E-state index in [1.807, 2.05) is 12.3 Å². The first-order chi connectivity index (χ1) is 5.58. The second-order valence-electron chi connectivity index (χ2n) is 4.38. The predicted octanol–water partition coefficient (Wildman–Crippen LogP) is 2.96. The maximum Gasteiger partial charge on any atom is 0.0446 e. The lowest BCUT2D eigenvalue weighted by Gasteiger charge is -2.14. The Balaban J connectivity index is 2.44. The van der Waals surface area contributed by atoms with Crippen molar-refractivity contribution in [1.82, 2.24) is 4.98 Å². The molecule has 0 spiro atoms. The fraction of sp³-hybridized carbons (Fsp3) is 0.500. The molecule has 0 saturated carbocycles. The second-order valence-corrected chi connectivity index (χ2v) is 10.0. The molecule has 0 saturated heterocycles. The van der Waals surface area contributed by atoms with E-state index in [2.05, 4.69) is 36.8 Å². The van der Waals surface area contributed by atoms with Crippen LogP contribution < -0.4 is 0 Å². The smallest absolute Gasteiger partial charge is 0.0446 e. The number of rotatable bonds is 3. The molecular weight excluding hydrogens is 162 g/mol. The monoisotopic (exact) mass is 179 g/mol. The summed E-state index contributed by atoms with van der Waals surface area (Å²) in [4.78, 5) is 4.30. The Kier molecular flexibility index (Phi) is 3.03. The van der Waals surface area contributed by atoms with E-state index in [-0.39, 0.29) is 0 Å². The van der Waals surface area contributed by atoms with E-state index in [0.717, 1.165) is 6.42 Å². The molecule has 1 aromatic rings. The van der Waals surface area contributed by atoms with Crippen molar-refractivity contribution >= 4 is 8.07 Å². The van der Waals surface area contributed by atoms with Gasteiger partial charge in [-0.05, 0) is 18.6 Å². The molecule has 1 aromatic heterocycles. The van der Waals surface area contributed by atoms with Gasteiger partial charge >= 0.3 is 0 Å². The molecule has 0 aliphatic rings. The zero-order valence-electron chi connectivity index (χ0n) is 8.17. The SMILES string of the molecule is C[Si](C)(C)CCc1ccccn1. The van der Waals surface area contributed by atoms with Crippen molar-refractivity contribution < 1.29 is 0 Å². The van der Waals surface area contributed by atoms with Gasteiger partial charge in [0.05, 0.1) is 0 Å². The van der Waals surface area contributed by atoms with E-state index >= 15 is 0 Å². The molecule has 0 atom stereocenters. The number of nitrogens with zero attached hydrogens (tertiary/aromatic N) is 1. The minimum absolute atomic E-state index is 0.880. The Labute approximate surface area is 75.9 Å². The molecule has 0 aliphatic heterocycles. The third kappa shape index (κ3) is 3.67. The average molecular weight is 179 g/mol. The van der Waals surface area contributed by atoms with Crippen LogP contribution in [0, 0.1) is 0 Å².